The minimum absolute atomic E-state index is 0.100. The number of carbonyl (C=O) groups excluding carboxylic acids is 1. The first kappa shape index (κ1) is 12.5. The number of esters is 1. The molecule has 16 heavy (non-hydrogen) atoms. The molecule has 0 amide bonds. The second-order valence-corrected chi connectivity index (χ2v) is 3.58. The first-order valence-electron chi connectivity index (χ1n) is 5.37. The maximum atomic E-state index is 13.2. The van der Waals surface area contributed by atoms with Crippen LogP contribution in [-0.4, -0.2) is 12.6 Å². The zero-order valence-corrected chi connectivity index (χ0v) is 9.33. The molecular weight excluding hydrogens is 209 g/mol. The third kappa shape index (κ3) is 3.53. The van der Waals surface area contributed by atoms with Crippen molar-refractivity contribution in [3.05, 3.63) is 29.6 Å². The molecule has 0 bridgehead atoms. The molecule has 88 valence electrons. The van der Waals surface area contributed by atoms with Crippen LogP contribution in [0.25, 0.3) is 0 Å². The quantitative estimate of drug-likeness (QED) is 0.476. The summed E-state index contributed by atoms with van der Waals surface area (Å²) < 4.78 is 18.2. The van der Waals surface area contributed by atoms with Crippen LogP contribution in [0.4, 0.5) is 10.1 Å². The van der Waals surface area contributed by atoms with Gasteiger partial charge in [0, 0.05) is 5.69 Å². The molecule has 0 radical (unpaired) electrons. The number of hydrogen-bond acceptors (Lipinski definition) is 3. The highest BCUT2D eigenvalue weighted by molar-refractivity contribution is 5.90. The van der Waals surface area contributed by atoms with Gasteiger partial charge in [0.05, 0.1) is 12.2 Å². The number of rotatable bonds is 5. The standard InChI is InChI=1S/C12H16FNO2/c1-2-3-4-7-16-12(15)10-8-9(14)5-6-11(10)13/h5-6,8H,2-4,7,14H2,1H3. The van der Waals surface area contributed by atoms with Crippen molar-refractivity contribution >= 4 is 11.7 Å². The fraction of sp³-hybridized carbons (Fsp3) is 0.417. The van der Waals surface area contributed by atoms with Crippen molar-refractivity contribution in [2.24, 2.45) is 0 Å². The van der Waals surface area contributed by atoms with Crippen LogP contribution >= 0.6 is 0 Å². The molecule has 0 aliphatic carbocycles. The molecule has 2 N–H and O–H groups in total. The van der Waals surface area contributed by atoms with E-state index in [9.17, 15) is 9.18 Å². The number of anilines is 1. The van der Waals surface area contributed by atoms with Gasteiger partial charge in [-0.2, -0.15) is 0 Å². The molecular formula is C12H16FNO2. The van der Waals surface area contributed by atoms with Crippen LogP contribution in [0.15, 0.2) is 18.2 Å². The number of ether oxygens (including phenoxy) is 1. The third-order valence-electron chi connectivity index (χ3n) is 2.19. The summed E-state index contributed by atoms with van der Waals surface area (Å²) in [4.78, 5) is 11.5. The Kier molecular flexibility index (Phi) is 4.76. The van der Waals surface area contributed by atoms with E-state index in [1.165, 1.54) is 12.1 Å². The third-order valence-corrected chi connectivity index (χ3v) is 2.19. The zero-order chi connectivity index (χ0) is 12.0. The maximum absolute atomic E-state index is 13.2. The second-order valence-electron chi connectivity index (χ2n) is 3.58. The zero-order valence-electron chi connectivity index (χ0n) is 9.33. The van der Waals surface area contributed by atoms with Crippen LogP contribution in [-0.2, 0) is 4.74 Å². The van der Waals surface area contributed by atoms with Gasteiger partial charge in [0.25, 0.3) is 0 Å². The minimum Gasteiger partial charge on any atom is -0.462 e. The molecule has 0 spiro atoms. The van der Waals surface area contributed by atoms with E-state index in [0.717, 1.165) is 25.3 Å². The Balaban J connectivity index is 2.55. The van der Waals surface area contributed by atoms with Crippen molar-refractivity contribution in [2.75, 3.05) is 12.3 Å². The highest BCUT2D eigenvalue weighted by Crippen LogP contribution is 2.13. The monoisotopic (exact) mass is 225 g/mol. The molecule has 1 aromatic rings. The molecule has 0 heterocycles. The lowest BCUT2D eigenvalue weighted by Gasteiger charge is -2.05. The Bertz CT molecular complexity index is 366. The number of nitrogen functional groups attached to an aromatic ring is 1. The summed E-state index contributed by atoms with van der Waals surface area (Å²) in [5, 5.41) is 0. The molecule has 1 aromatic carbocycles. The lowest BCUT2D eigenvalue weighted by atomic mass is 10.2. The summed E-state index contributed by atoms with van der Waals surface area (Å²) in [6.45, 7) is 2.38. The predicted molar refractivity (Wildman–Crippen MR) is 60.6 cm³/mol. The maximum Gasteiger partial charge on any atom is 0.341 e. The number of benzene rings is 1. The van der Waals surface area contributed by atoms with Crippen molar-refractivity contribution in [2.45, 2.75) is 26.2 Å². The molecule has 0 saturated carbocycles. The highest BCUT2D eigenvalue weighted by Gasteiger charge is 2.12. The number of carbonyl (C=O) groups is 1. The number of unbranched alkanes of at least 4 members (excludes halogenated alkanes) is 2. The Morgan fingerprint density at radius 1 is 1.44 bits per heavy atom. The van der Waals surface area contributed by atoms with Crippen LogP contribution in [0.5, 0.6) is 0 Å². The molecule has 0 unspecified atom stereocenters. The summed E-state index contributed by atoms with van der Waals surface area (Å²) in [6.07, 6.45) is 2.84. The molecule has 4 heteroatoms. The van der Waals surface area contributed by atoms with E-state index >= 15 is 0 Å². The Labute approximate surface area is 94.4 Å². The van der Waals surface area contributed by atoms with Crippen LogP contribution in [0.2, 0.25) is 0 Å². The van der Waals surface area contributed by atoms with E-state index < -0.39 is 11.8 Å². The van der Waals surface area contributed by atoms with Gasteiger partial charge >= 0.3 is 5.97 Å². The van der Waals surface area contributed by atoms with Crippen LogP contribution < -0.4 is 5.73 Å². The first-order valence-corrected chi connectivity index (χ1v) is 5.37. The molecule has 1 rings (SSSR count). The number of halogens is 1. The fourth-order valence-corrected chi connectivity index (χ4v) is 1.29. The van der Waals surface area contributed by atoms with Crippen molar-refractivity contribution in [1.82, 2.24) is 0 Å². The summed E-state index contributed by atoms with van der Waals surface area (Å²) in [5.74, 6) is -1.25. The Morgan fingerprint density at radius 3 is 2.88 bits per heavy atom. The van der Waals surface area contributed by atoms with Crippen molar-refractivity contribution in [3.63, 3.8) is 0 Å². The number of hydrogen-bond donors (Lipinski definition) is 1. The van der Waals surface area contributed by atoms with Crippen LogP contribution in [0.3, 0.4) is 0 Å². The van der Waals surface area contributed by atoms with Crippen molar-refractivity contribution in [3.8, 4) is 0 Å². The molecule has 0 saturated heterocycles. The van der Waals surface area contributed by atoms with Gasteiger partial charge in [0.15, 0.2) is 0 Å². The van der Waals surface area contributed by atoms with Gasteiger partial charge in [-0.25, -0.2) is 9.18 Å². The fourth-order valence-electron chi connectivity index (χ4n) is 1.29. The van der Waals surface area contributed by atoms with E-state index in [2.05, 4.69) is 6.92 Å². The second kappa shape index (κ2) is 6.10. The normalized spacial score (nSPS) is 10.1. The van der Waals surface area contributed by atoms with E-state index in [-0.39, 0.29) is 5.56 Å². The smallest absolute Gasteiger partial charge is 0.341 e. The summed E-state index contributed by atoms with van der Waals surface area (Å²) >= 11 is 0. The van der Waals surface area contributed by atoms with E-state index in [1.807, 2.05) is 0 Å². The lowest BCUT2D eigenvalue weighted by Crippen LogP contribution is -2.09. The van der Waals surface area contributed by atoms with Gasteiger partial charge in [0.2, 0.25) is 0 Å². The Hall–Kier alpha value is -1.58. The van der Waals surface area contributed by atoms with Gasteiger partial charge in [-0.1, -0.05) is 19.8 Å². The van der Waals surface area contributed by atoms with Gasteiger partial charge in [0.1, 0.15) is 5.82 Å². The van der Waals surface area contributed by atoms with E-state index in [1.54, 1.807) is 0 Å². The molecule has 0 atom stereocenters. The number of nitrogens with two attached hydrogens (primary N) is 1. The van der Waals surface area contributed by atoms with Gasteiger partial charge in [-0.15, -0.1) is 0 Å². The molecule has 0 aliphatic heterocycles. The molecule has 0 fully saturated rings. The van der Waals surface area contributed by atoms with Gasteiger partial charge < -0.3 is 10.5 Å². The van der Waals surface area contributed by atoms with Gasteiger partial charge in [-0.05, 0) is 24.6 Å². The van der Waals surface area contributed by atoms with Gasteiger partial charge in [-0.3, -0.25) is 0 Å². The Morgan fingerprint density at radius 2 is 2.19 bits per heavy atom. The van der Waals surface area contributed by atoms with Crippen molar-refractivity contribution < 1.29 is 13.9 Å². The molecule has 3 nitrogen and oxygen atoms in total. The average Bonchev–Trinajstić information content (AvgIpc) is 2.27. The summed E-state index contributed by atoms with van der Waals surface area (Å²) in [5.41, 5.74) is 5.72. The average molecular weight is 225 g/mol. The minimum atomic E-state index is -0.652. The largest absolute Gasteiger partial charge is 0.462 e. The lowest BCUT2D eigenvalue weighted by molar-refractivity contribution is 0.0493. The van der Waals surface area contributed by atoms with E-state index in [4.69, 9.17) is 10.5 Å². The molecule has 0 aliphatic rings. The molecule has 0 aromatic heterocycles. The summed E-state index contributed by atoms with van der Waals surface area (Å²) in [7, 11) is 0. The van der Waals surface area contributed by atoms with E-state index in [0.29, 0.717) is 12.3 Å². The predicted octanol–water partition coefficient (Wildman–Crippen LogP) is 2.75. The van der Waals surface area contributed by atoms with Crippen molar-refractivity contribution in [1.29, 1.82) is 0 Å². The van der Waals surface area contributed by atoms with Crippen LogP contribution in [0, 0.1) is 5.82 Å². The topological polar surface area (TPSA) is 52.3 Å². The SMILES string of the molecule is CCCCCOC(=O)c1cc(N)ccc1F. The van der Waals surface area contributed by atoms with Crippen LogP contribution in [0.1, 0.15) is 36.5 Å². The highest BCUT2D eigenvalue weighted by atomic mass is 19.1. The summed E-state index contributed by atoms with van der Waals surface area (Å²) in [6, 6.07) is 3.86. The first-order chi connectivity index (χ1) is 7.65.